The molecule has 0 heterocycles. The maximum atomic E-state index is 11.4. The van der Waals surface area contributed by atoms with Crippen molar-refractivity contribution in [2.24, 2.45) is 5.41 Å². The Morgan fingerprint density at radius 1 is 1.25 bits per heavy atom. The van der Waals surface area contributed by atoms with E-state index in [4.69, 9.17) is 11.6 Å². The van der Waals surface area contributed by atoms with Crippen LogP contribution in [0.4, 0.5) is 0 Å². The third-order valence-corrected chi connectivity index (χ3v) is 2.62. The van der Waals surface area contributed by atoms with Crippen molar-refractivity contribution in [1.82, 2.24) is 10.6 Å². The van der Waals surface area contributed by atoms with Crippen LogP contribution in [0.5, 0.6) is 0 Å². The van der Waals surface area contributed by atoms with Gasteiger partial charge >= 0.3 is 0 Å². The molecular formula is C11H21ClN2O2. The maximum absolute atomic E-state index is 11.4. The molecule has 0 aromatic carbocycles. The van der Waals surface area contributed by atoms with Gasteiger partial charge in [0.25, 0.3) is 0 Å². The number of hydrogen-bond donors (Lipinski definition) is 2. The van der Waals surface area contributed by atoms with Gasteiger partial charge in [-0.3, -0.25) is 9.59 Å². The first-order valence-corrected chi connectivity index (χ1v) is 6.02. The van der Waals surface area contributed by atoms with Crippen LogP contribution in [-0.4, -0.2) is 31.3 Å². The van der Waals surface area contributed by atoms with Crippen molar-refractivity contribution in [3.63, 3.8) is 0 Å². The summed E-state index contributed by atoms with van der Waals surface area (Å²) in [7, 11) is 1.59. The molecule has 0 aromatic heterocycles. The molecule has 0 radical (unpaired) electrons. The minimum Gasteiger partial charge on any atom is -0.359 e. The van der Waals surface area contributed by atoms with E-state index in [2.05, 4.69) is 10.6 Å². The fourth-order valence-corrected chi connectivity index (χ4v) is 1.40. The highest BCUT2D eigenvalue weighted by atomic mass is 35.5. The van der Waals surface area contributed by atoms with E-state index in [1.54, 1.807) is 20.9 Å². The van der Waals surface area contributed by atoms with Crippen LogP contribution in [0.2, 0.25) is 0 Å². The first-order chi connectivity index (χ1) is 7.44. The van der Waals surface area contributed by atoms with E-state index in [0.29, 0.717) is 18.8 Å². The Hall–Kier alpha value is -0.770. The quantitative estimate of drug-likeness (QED) is 0.527. The molecule has 0 aliphatic carbocycles. The minimum absolute atomic E-state index is 0.0258. The Balaban J connectivity index is 3.86. The second kappa shape index (κ2) is 7.49. The molecule has 0 aliphatic rings. The number of rotatable bonds is 7. The molecule has 0 rings (SSSR count). The minimum atomic E-state index is -0.573. The zero-order valence-corrected chi connectivity index (χ0v) is 11.0. The summed E-state index contributed by atoms with van der Waals surface area (Å²) in [6, 6.07) is 0. The van der Waals surface area contributed by atoms with Crippen LogP contribution in [0.3, 0.4) is 0 Å². The lowest BCUT2D eigenvalue weighted by Crippen LogP contribution is -2.43. The lowest BCUT2D eigenvalue weighted by Gasteiger charge is -2.22. The van der Waals surface area contributed by atoms with Crippen LogP contribution in [0, 0.1) is 5.41 Å². The van der Waals surface area contributed by atoms with Crippen molar-refractivity contribution in [1.29, 1.82) is 0 Å². The molecule has 0 spiro atoms. The van der Waals surface area contributed by atoms with E-state index in [-0.39, 0.29) is 11.8 Å². The number of carbonyl (C=O) groups excluding carboxylic acids is 2. The third kappa shape index (κ3) is 5.95. The highest BCUT2D eigenvalue weighted by Crippen LogP contribution is 2.13. The summed E-state index contributed by atoms with van der Waals surface area (Å²) in [5.41, 5.74) is -0.573. The smallest absolute Gasteiger partial charge is 0.227 e. The van der Waals surface area contributed by atoms with Crippen LogP contribution < -0.4 is 10.6 Å². The van der Waals surface area contributed by atoms with Gasteiger partial charge < -0.3 is 10.6 Å². The Bertz CT molecular complexity index is 242. The summed E-state index contributed by atoms with van der Waals surface area (Å²) >= 11 is 5.51. The van der Waals surface area contributed by atoms with Crippen LogP contribution >= 0.6 is 11.6 Å². The SMILES string of the molecule is CNC(=O)C(C)(C)CNC(=O)CCCCCl. The predicted molar refractivity (Wildman–Crippen MR) is 65.4 cm³/mol. The van der Waals surface area contributed by atoms with Crippen molar-refractivity contribution in [2.45, 2.75) is 33.1 Å². The number of alkyl halides is 1. The topological polar surface area (TPSA) is 58.2 Å². The zero-order chi connectivity index (χ0) is 12.6. The molecule has 16 heavy (non-hydrogen) atoms. The van der Waals surface area contributed by atoms with E-state index in [9.17, 15) is 9.59 Å². The lowest BCUT2D eigenvalue weighted by molar-refractivity contribution is -0.129. The summed E-state index contributed by atoms with van der Waals surface area (Å²) in [5.74, 6) is 0.479. The Morgan fingerprint density at radius 3 is 2.38 bits per heavy atom. The summed E-state index contributed by atoms with van der Waals surface area (Å²) in [5, 5.41) is 5.33. The van der Waals surface area contributed by atoms with Gasteiger partial charge in [-0.25, -0.2) is 0 Å². The van der Waals surface area contributed by atoms with Crippen LogP contribution in [-0.2, 0) is 9.59 Å². The molecule has 0 saturated heterocycles. The van der Waals surface area contributed by atoms with E-state index < -0.39 is 5.41 Å². The van der Waals surface area contributed by atoms with Crippen molar-refractivity contribution in [2.75, 3.05) is 19.5 Å². The Morgan fingerprint density at radius 2 is 1.88 bits per heavy atom. The first kappa shape index (κ1) is 15.2. The molecule has 0 unspecified atom stereocenters. The molecule has 0 bridgehead atoms. The number of amides is 2. The van der Waals surface area contributed by atoms with E-state index in [1.165, 1.54) is 0 Å². The molecule has 0 atom stereocenters. The van der Waals surface area contributed by atoms with Gasteiger partial charge in [-0.15, -0.1) is 11.6 Å². The molecule has 4 nitrogen and oxygen atoms in total. The third-order valence-electron chi connectivity index (χ3n) is 2.36. The second-order valence-corrected chi connectivity index (χ2v) is 4.76. The van der Waals surface area contributed by atoms with Gasteiger partial charge in [0.15, 0.2) is 0 Å². The lowest BCUT2D eigenvalue weighted by atomic mass is 9.92. The second-order valence-electron chi connectivity index (χ2n) is 4.39. The number of halogens is 1. The van der Waals surface area contributed by atoms with Gasteiger partial charge in [0.2, 0.25) is 11.8 Å². The largest absolute Gasteiger partial charge is 0.359 e. The van der Waals surface area contributed by atoms with E-state index >= 15 is 0 Å². The Kier molecular flexibility index (Phi) is 7.13. The standard InChI is InChI=1S/C11H21ClN2O2/c1-11(2,10(16)13-3)8-14-9(15)6-4-5-7-12/h4-8H2,1-3H3,(H,13,16)(H,14,15). The average Bonchev–Trinajstić information content (AvgIpc) is 2.25. The average molecular weight is 249 g/mol. The monoisotopic (exact) mass is 248 g/mol. The molecule has 0 saturated carbocycles. The number of carbonyl (C=O) groups is 2. The molecule has 0 aromatic rings. The van der Waals surface area contributed by atoms with Gasteiger partial charge in [-0.05, 0) is 26.7 Å². The van der Waals surface area contributed by atoms with Gasteiger partial charge in [-0.2, -0.15) is 0 Å². The van der Waals surface area contributed by atoms with Gasteiger partial charge in [-0.1, -0.05) is 0 Å². The van der Waals surface area contributed by atoms with Gasteiger partial charge in [0, 0.05) is 25.9 Å². The molecular weight excluding hydrogens is 228 g/mol. The molecule has 0 fully saturated rings. The van der Waals surface area contributed by atoms with Gasteiger partial charge in [0.1, 0.15) is 0 Å². The fourth-order valence-electron chi connectivity index (χ4n) is 1.21. The highest BCUT2D eigenvalue weighted by molar-refractivity contribution is 6.17. The first-order valence-electron chi connectivity index (χ1n) is 5.49. The normalized spacial score (nSPS) is 11.0. The number of nitrogens with one attached hydrogen (secondary N) is 2. The summed E-state index contributed by atoms with van der Waals surface area (Å²) < 4.78 is 0. The molecule has 0 aliphatic heterocycles. The number of unbranched alkanes of at least 4 members (excludes halogenated alkanes) is 1. The van der Waals surface area contributed by atoms with E-state index in [0.717, 1.165) is 12.8 Å². The van der Waals surface area contributed by atoms with Crippen LogP contribution in [0.1, 0.15) is 33.1 Å². The highest BCUT2D eigenvalue weighted by Gasteiger charge is 2.26. The summed E-state index contributed by atoms with van der Waals surface area (Å²) in [6.07, 6.45) is 2.10. The molecule has 2 amide bonds. The van der Waals surface area contributed by atoms with Crippen molar-refractivity contribution in [3.05, 3.63) is 0 Å². The molecule has 2 N–H and O–H groups in total. The molecule has 5 heteroatoms. The summed E-state index contributed by atoms with van der Waals surface area (Å²) in [6.45, 7) is 3.95. The van der Waals surface area contributed by atoms with Crippen molar-refractivity contribution >= 4 is 23.4 Å². The maximum Gasteiger partial charge on any atom is 0.227 e. The van der Waals surface area contributed by atoms with Crippen LogP contribution in [0.25, 0.3) is 0 Å². The van der Waals surface area contributed by atoms with Gasteiger partial charge in [0.05, 0.1) is 5.41 Å². The number of hydrogen-bond acceptors (Lipinski definition) is 2. The molecule has 94 valence electrons. The van der Waals surface area contributed by atoms with Crippen LogP contribution in [0.15, 0.2) is 0 Å². The zero-order valence-electron chi connectivity index (χ0n) is 10.2. The summed E-state index contributed by atoms with van der Waals surface area (Å²) in [4.78, 5) is 22.8. The van der Waals surface area contributed by atoms with Crippen molar-refractivity contribution < 1.29 is 9.59 Å². The van der Waals surface area contributed by atoms with E-state index in [1.807, 2.05) is 0 Å². The van der Waals surface area contributed by atoms with Crippen molar-refractivity contribution in [3.8, 4) is 0 Å². The predicted octanol–water partition coefficient (Wildman–Crippen LogP) is 1.28. The Labute approximate surface area is 102 Å². The fraction of sp³-hybridized carbons (Fsp3) is 0.818.